The summed E-state index contributed by atoms with van der Waals surface area (Å²) in [4.78, 5) is 2.39. The Bertz CT molecular complexity index is 163. The van der Waals surface area contributed by atoms with Crippen LogP contribution >= 0.6 is 0 Å². The van der Waals surface area contributed by atoms with Crippen LogP contribution in [0.25, 0.3) is 0 Å². The van der Waals surface area contributed by atoms with Gasteiger partial charge in [0.15, 0.2) is 0 Å². The van der Waals surface area contributed by atoms with Crippen LogP contribution in [0, 0.1) is 0 Å². The van der Waals surface area contributed by atoms with E-state index in [9.17, 15) is 0 Å². The maximum Gasteiger partial charge on any atom is -0.00218 e. The lowest BCUT2D eigenvalue weighted by molar-refractivity contribution is 0.277. The minimum absolute atomic E-state index is 1.32. The van der Waals surface area contributed by atoms with Crippen molar-refractivity contribution >= 4 is 0 Å². The fourth-order valence-electron chi connectivity index (χ4n) is 1.44. The third-order valence-electron chi connectivity index (χ3n) is 2.25. The molecule has 0 N–H and O–H groups in total. The van der Waals surface area contributed by atoms with Crippen molar-refractivity contribution in [2.75, 3.05) is 20.1 Å². The summed E-state index contributed by atoms with van der Waals surface area (Å²) < 4.78 is 0. The highest BCUT2D eigenvalue weighted by Gasteiger charge is 2.02. The Hall–Kier alpha value is -0.820. The van der Waals surface area contributed by atoms with Crippen molar-refractivity contribution in [1.82, 2.24) is 4.90 Å². The van der Waals surface area contributed by atoms with Crippen LogP contribution in [0.15, 0.2) is 36.4 Å². The number of likely N-dealkylation sites (tertiary alicyclic amines) is 1. The SMILES string of the molecule is CC.CN1CCCCC1.c1ccccc1. The number of hydrogen-bond donors (Lipinski definition) is 0. The maximum atomic E-state index is 2.39. The second-order valence-corrected chi connectivity index (χ2v) is 3.52. The van der Waals surface area contributed by atoms with Crippen LogP contribution in [0.5, 0.6) is 0 Å². The van der Waals surface area contributed by atoms with Crippen molar-refractivity contribution in [3.8, 4) is 0 Å². The third-order valence-corrected chi connectivity index (χ3v) is 2.25. The van der Waals surface area contributed by atoms with Crippen molar-refractivity contribution < 1.29 is 0 Å². The zero-order valence-corrected chi connectivity index (χ0v) is 10.4. The zero-order valence-electron chi connectivity index (χ0n) is 10.4. The van der Waals surface area contributed by atoms with Crippen molar-refractivity contribution in [1.29, 1.82) is 0 Å². The predicted molar refractivity (Wildman–Crippen MR) is 69.1 cm³/mol. The summed E-state index contributed by atoms with van der Waals surface area (Å²) in [6.45, 7) is 6.64. The van der Waals surface area contributed by atoms with Crippen LogP contribution in [0.1, 0.15) is 33.1 Å². The van der Waals surface area contributed by atoms with Gasteiger partial charge in [0.2, 0.25) is 0 Å². The fourth-order valence-corrected chi connectivity index (χ4v) is 1.44. The van der Waals surface area contributed by atoms with Crippen LogP contribution in [0.2, 0.25) is 0 Å². The topological polar surface area (TPSA) is 3.24 Å². The first kappa shape index (κ1) is 14.2. The molecule has 1 aromatic carbocycles. The van der Waals surface area contributed by atoms with Crippen molar-refractivity contribution in [2.45, 2.75) is 33.1 Å². The molecule has 86 valence electrons. The van der Waals surface area contributed by atoms with E-state index in [-0.39, 0.29) is 0 Å². The lowest BCUT2D eigenvalue weighted by atomic mass is 10.1. The van der Waals surface area contributed by atoms with E-state index in [0.717, 1.165) is 0 Å². The summed E-state index contributed by atoms with van der Waals surface area (Å²) >= 11 is 0. The molecule has 0 radical (unpaired) electrons. The Morgan fingerprint density at radius 3 is 1.20 bits per heavy atom. The predicted octanol–water partition coefficient (Wildman–Crippen LogP) is 3.81. The van der Waals surface area contributed by atoms with Gasteiger partial charge in [0.1, 0.15) is 0 Å². The molecule has 0 unspecified atom stereocenters. The second-order valence-electron chi connectivity index (χ2n) is 3.52. The molecule has 0 aromatic heterocycles. The quantitative estimate of drug-likeness (QED) is 0.625. The van der Waals surface area contributed by atoms with Crippen molar-refractivity contribution in [3.63, 3.8) is 0 Å². The van der Waals surface area contributed by atoms with E-state index >= 15 is 0 Å². The summed E-state index contributed by atoms with van der Waals surface area (Å²) in [5.41, 5.74) is 0. The van der Waals surface area contributed by atoms with Gasteiger partial charge in [0.05, 0.1) is 0 Å². The van der Waals surface area contributed by atoms with E-state index in [1.54, 1.807) is 0 Å². The summed E-state index contributed by atoms with van der Waals surface area (Å²) in [7, 11) is 2.19. The highest BCUT2D eigenvalue weighted by molar-refractivity contribution is 4.99. The van der Waals surface area contributed by atoms with E-state index in [0.29, 0.717) is 0 Å². The Morgan fingerprint density at radius 2 is 1.00 bits per heavy atom. The summed E-state index contributed by atoms with van der Waals surface area (Å²) in [6.07, 6.45) is 4.28. The first-order valence-corrected chi connectivity index (χ1v) is 6.08. The Kier molecular flexibility index (Phi) is 10.6. The lowest BCUT2D eigenvalue weighted by Gasteiger charge is -2.20. The van der Waals surface area contributed by atoms with Gasteiger partial charge in [-0.05, 0) is 33.0 Å². The van der Waals surface area contributed by atoms with Gasteiger partial charge in [-0.25, -0.2) is 0 Å². The molecule has 1 aromatic rings. The minimum atomic E-state index is 1.32. The summed E-state index contributed by atoms with van der Waals surface area (Å²) in [5, 5.41) is 0. The highest BCUT2D eigenvalue weighted by atomic mass is 15.1. The number of nitrogens with zero attached hydrogens (tertiary/aromatic N) is 1. The van der Waals surface area contributed by atoms with Crippen LogP contribution in [0.4, 0.5) is 0 Å². The lowest BCUT2D eigenvalue weighted by Crippen LogP contribution is -2.24. The smallest absolute Gasteiger partial charge is 0.00218 e. The first-order chi connectivity index (χ1) is 7.39. The Labute approximate surface area is 95.1 Å². The molecule has 1 heterocycles. The van der Waals surface area contributed by atoms with Gasteiger partial charge < -0.3 is 4.90 Å². The molecule has 15 heavy (non-hydrogen) atoms. The third kappa shape index (κ3) is 9.48. The second kappa shape index (κ2) is 11.3. The average molecular weight is 207 g/mol. The standard InChI is InChI=1S/C6H13N.C6H6.C2H6/c1-7-5-3-2-4-6-7;1-2-4-6-5-3-1;1-2/h2-6H2,1H3;1-6H;1-2H3. The van der Waals surface area contributed by atoms with Gasteiger partial charge in [-0.3, -0.25) is 0 Å². The molecule has 2 rings (SSSR count). The molecular weight excluding hydrogens is 182 g/mol. The van der Waals surface area contributed by atoms with Gasteiger partial charge >= 0.3 is 0 Å². The Balaban J connectivity index is 0.000000227. The monoisotopic (exact) mass is 207 g/mol. The molecule has 0 saturated carbocycles. The van der Waals surface area contributed by atoms with Crippen LogP contribution < -0.4 is 0 Å². The normalized spacial score (nSPS) is 15.4. The molecule has 1 aliphatic heterocycles. The van der Waals surface area contributed by atoms with Gasteiger partial charge in [-0.1, -0.05) is 56.7 Å². The number of hydrogen-bond acceptors (Lipinski definition) is 1. The van der Waals surface area contributed by atoms with Crippen LogP contribution in [-0.4, -0.2) is 25.0 Å². The van der Waals surface area contributed by atoms with Crippen LogP contribution in [0.3, 0.4) is 0 Å². The molecule has 0 aliphatic carbocycles. The van der Waals surface area contributed by atoms with Crippen molar-refractivity contribution in [2.24, 2.45) is 0 Å². The van der Waals surface area contributed by atoms with Gasteiger partial charge in [-0.2, -0.15) is 0 Å². The van der Waals surface area contributed by atoms with E-state index in [1.165, 1.54) is 32.4 Å². The van der Waals surface area contributed by atoms with Crippen molar-refractivity contribution in [3.05, 3.63) is 36.4 Å². The largest absolute Gasteiger partial charge is 0.306 e. The summed E-state index contributed by atoms with van der Waals surface area (Å²) in [6, 6.07) is 12.0. The molecule has 0 amide bonds. The fraction of sp³-hybridized carbons (Fsp3) is 0.571. The Morgan fingerprint density at radius 1 is 0.667 bits per heavy atom. The maximum absolute atomic E-state index is 2.39. The van der Waals surface area contributed by atoms with E-state index in [2.05, 4.69) is 11.9 Å². The molecule has 0 atom stereocenters. The zero-order chi connectivity index (χ0) is 11.4. The first-order valence-electron chi connectivity index (χ1n) is 6.08. The van der Waals surface area contributed by atoms with E-state index < -0.39 is 0 Å². The average Bonchev–Trinajstić information content (AvgIpc) is 2.36. The minimum Gasteiger partial charge on any atom is -0.306 e. The van der Waals surface area contributed by atoms with Gasteiger partial charge in [0.25, 0.3) is 0 Å². The molecule has 1 nitrogen and oxygen atoms in total. The number of rotatable bonds is 0. The highest BCUT2D eigenvalue weighted by Crippen LogP contribution is 2.04. The molecule has 1 heteroatoms. The van der Waals surface area contributed by atoms with E-state index in [1.807, 2.05) is 50.2 Å². The van der Waals surface area contributed by atoms with Crippen LogP contribution in [-0.2, 0) is 0 Å². The molecule has 1 saturated heterocycles. The molecular formula is C14H25N. The molecule has 1 fully saturated rings. The summed E-state index contributed by atoms with van der Waals surface area (Å²) in [5.74, 6) is 0. The molecule has 1 aliphatic rings. The van der Waals surface area contributed by atoms with Gasteiger partial charge in [-0.15, -0.1) is 0 Å². The number of piperidine rings is 1. The molecule has 0 spiro atoms. The molecule has 0 bridgehead atoms. The van der Waals surface area contributed by atoms with Gasteiger partial charge in [0, 0.05) is 0 Å². The van der Waals surface area contributed by atoms with E-state index in [4.69, 9.17) is 0 Å². The number of benzene rings is 1.